The summed E-state index contributed by atoms with van der Waals surface area (Å²) in [5.41, 5.74) is 9.13. The largest absolute Gasteiger partial charge is 0.364 e. The van der Waals surface area contributed by atoms with Crippen LogP contribution < -0.4 is 5.73 Å². The zero-order valence-corrected chi connectivity index (χ0v) is 11.4. The van der Waals surface area contributed by atoms with Crippen molar-refractivity contribution in [2.75, 3.05) is 0 Å². The van der Waals surface area contributed by atoms with Crippen LogP contribution in [-0.4, -0.2) is 10.5 Å². The van der Waals surface area contributed by atoms with Gasteiger partial charge in [-0.25, -0.2) is 0 Å². The molecule has 0 bridgehead atoms. The lowest BCUT2D eigenvalue weighted by Gasteiger charge is -2.04. The summed E-state index contributed by atoms with van der Waals surface area (Å²) in [7, 11) is 1.81. The first-order valence-corrected chi connectivity index (χ1v) is 6.42. The van der Waals surface area contributed by atoms with Crippen LogP contribution in [0.3, 0.4) is 0 Å². The van der Waals surface area contributed by atoms with E-state index in [1.54, 1.807) is 22.8 Å². The number of nitrogens with zero attached hydrogens (tertiary/aromatic N) is 2. The van der Waals surface area contributed by atoms with Gasteiger partial charge in [0.2, 0.25) is 0 Å². The first-order valence-electron chi connectivity index (χ1n) is 6.42. The summed E-state index contributed by atoms with van der Waals surface area (Å²) in [6, 6.07) is 17.8. The molecule has 0 fully saturated rings. The van der Waals surface area contributed by atoms with Gasteiger partial charge in [-0.05, 0) is 29.8 Å². The van der Waals surface area contributed by atoms with E-state index in [1.807, 2.05) is 31.3 Å². The Bertz CT molecular complexity index is 883. The number of hydrogen-bond acceptors (Lipinski definition) is 2. The number of nitrogens with two attached hydrogens (primary N) is 1. The van der Waals surface area contributed by atoms with Crippen molar-refractivity contribution in [2.24, 2.45) is 12.8 Å². The number of rotatable bonds is 2. The van der Waals surface area contributed by atoms with E-state index in [4.69, 9.17) is 11.0 Å². The van der Waals surface area contributed by atoms with Gasteiger partial charge in [0.15, 0.2) is 0 Å². The molecular formula is C17H12N3O. The summed E-state index contributed by atoms with van der Waals surface area (Å²) in [6.07, 6.45) is 0. The molecule has 1 heterocycles. The highest BCUT2D eigenvalue weighted by molar-refractivity contribution is 6.09. The van der Waals surface area contributed by atoms with Crippen molar-refractivity contribution < 1.29 is 4.79 Å². The van der Waals surface area contributed by atoms with Crippen LogP contribution >= 0.6 is 0 Å². The van der Waals surface area contributed by atoms with E-state index < -0.39 is 5.91 Å². The van der Waals surface area contributed by atoms with Gasteiger partial charge < -0.3 is 10.3 Å². The summed E-state index contributed by atoms with van der Waals surface area (Å²) in [6.45, 7) is 0. The Balaban J connectivity index is 2.37. The average Bonchev–Trinajstić information content (AvgIpc) is 2.81. The Morgan fingerprint density at radius 2 is 2.00 bits per heavy atom. The van der Waals surface area contributed by atoms with Gasteiger partial charge in [0, 0.05) is 23.5 Å². The molecule has 1 amide bonds. The Labute approximate surface area is 122 Å². The third-order valence-corrected chi connectivity index (χ3v) is 3.58. The Morgan fingerprint density at radius 1 is 1.29 bits per heavy atom. The van der Waals surface area contributed by atoms with Crippen molar-refractivity contribution in [1.29, 1.82) is 5.26 Å². The second-order valence-corrected chi connectivity index (χ2v) is 4.78. The van der Waals surface area contributed by atoms with Crippen LogP contribution in [0.15, 0.2) is 42.5 Å². The van der Waals surface area contributed by atoms with Gasteiger partial charge in [-0.3, -0.25) is 4.79 Å². The van der Waals surface area contributed by atoms with Crippen LogP contribution in [0.1, 0.15) is 16.1 Å². The smallest absolute Gasteiger partial charge is 0.266 e. The number of nitriles is 1. The number of fused-ring (bicyclic) bond motifs is 1. The Morgan fingerprint density at radius 3 is 2.62 bits per heavy atom. The lowest BCUT2D eigenvalue weighted by molar-refractivity contribution is 0.0993. The maximum atomic E-state index is 11.8. The fourth-order valence-electron chi connectivity index (χ4n) is 2.62. The van der Waals surface area contributed by atoms with Crippen molar-refractivity contribution >= 4 is 16.8 Å². The van der Waals surface area contributed by atoms with Gasteiger partial charge in [0.05, 0.1) is 11.6 Å². The highest BCUT2D eigenvalue weighted by Gasteiger charge is 2.20. The number of carbonyl (C=O) groups excluding carboxylic acids is 1. The minimum Gasteiger partial charge on any atom is -0.364 e. The molecule has 4 nitrogen and oxygen atoms in total. The average molecular weight is 274 g/mol. The zero-order chi connectivity index (χ0) is 15.0. The number of hydrogen-bond donors (Lipinski definition) is 1. The molecular weight excluding hydrogens is 262 g/mol. The number of aryl methyl sites for hydroxylation is 1. The molecule has 2 aromatic carbocycles. The Kier molecular flexibility index (Phi) is 2.96. The van der Waals surface area contributed by atoms with Crippen LogP contribution in [0, 0.1) is 17.4 Å². The second kappa shape index (κ2) is 4.80. The normalized spacial score (nSPS) is 10.5. The van der Waals surface area contributed by atoms with E-state index in [2.05, 4.69) is 12.1 Å². The molecule has 1 aromatic heterocycles. The molecule has 0 aliphatic heterocycles. The second-order valence-electron chi connectivity index (χ2n) is 4.78. The fourth-order valence-corrected chi connectivity index (χ4v) is 2.62. The van der Waals surface area contributed by atoms with Crippen LogP contribution in [0.4, 0.5) is 0 Å². The van der Waals surface area contributed by atoms with Gasteiger partial charge in [0.25, 0.3) is 5.91 Å². The van der Waals surface area contributed by atoms with Crippen molar-refractivity contribution in [1.82, 2.24) is 4.57 Å². The van der Waals surface area contributed by atoms with Gasteiger partial charge >= 0.3 is 0 Å². The van der Waals surface area contributed by atoms with Gasteiger partial charge in [-0.15, -0.1) is 0 Å². The molecule has 101 valence electrons. The zero-order valence-electron chi connectivity index (χ0n) is 11.4. The predicted molar refractivity (Wildman–Crippen MR) is 80.4 cm³/mol. The van der Waals surface area contributed by atoms with E-state index in [9.17, 15) is 4.79 Å². The highest BCUT2D eigenvalue weighted by Crippen LogP contribution is 2.34. The third-order valence-electron chi connectivity index (χ3n) is 3.58. The van der Waals surface area contributed by atoms with Crippen molar-refractivity contribution in [2.45, 2.75) is 0 Å². The monoisotopic (exact) mass is 274 g/mol. The number of benzene rings is 2. The van der Waals surface area contributed by atoms with Crippen LogP contribution in [0.5, 0.6) is 0 Å². The Hall–Kier alpha value is -3.06. The van der Waals surface area contributed by atoms with Crippen molar-refractivity contribution in [3.63, 3.8) is 0 Å². The molecule has 1 radical (unpaired) electrons. The summed E-state index contributed by atoms with van der Waals surface area (Å²) in [5, 5.41) is 9.82. The summed E-state index contributed by atoms with van der Waals surface area (Å²) < 4.78 is 1.78. The van der Waals surface area contributed by atoms with Gasteiger partial charge in [-0.2, -0.15) is 5.26 Å². The maximum Gasteiger partial charge on any atom is 0.266 e. The minimum absolute atomic E-state index is 0.453. The molecule has 0 saturated carbocycles. The first kappa shape index (κ1) is 12.9. The minimum atomic E-state index is -0.479. The lowest BCUT2D eigenvalue weighted by Crippen LogP contribution is -2.16. The first-order chi connectivity index (χ1) is 10.1. The third kappa shape index (κ3) is 1.96. The summed E-state index contributed by atoms with van der Waals surface area (Å²) in [4.78, 5) is 11.8. The number of carbonyl (C=O) groups is 1. The lowest BCUT2D eigenvalue weighted by atomic mass is 10.0. The van der Waals surface area contributed by atoms with Gasteiger partial charge in [-0.1, -0.05) is 24.3 Å². The molecule has 21 heavy (non-hydrogen) atoms. The quantitative estimate of drug-likeness (QED) is 0.780. The van der Waals surface area contributed by atoms with Crippen LogP contribution in [0.2, 0.25) is 0 Å². The maximum absolute atomic E-state index is 11.8. The fraction of sp³-hybridized carbons (Fsp3) is 0.0588. The van der Waals surface area contributed by atoms with Crippen LogP contribution in [-0.2, 0) is 7.05 Å². The van der Waals surface area contributed by atoms with Gasteiger partial charge in [0.1, 0.15) is 5.69 Å². The molecule has 0 aliphatic rings. The molecule has 0 saturated heterocycles. The van der Waals surface area contributed by atoms with E-state index in [1.165, 1.54) is 0 Å². The van der Waals surface area contributed by atoms with E-state index in [0.29, 0.717) is 11.3 Å². The number of primary amides is 1. The molecule has 4 heteroatoms. The molecule has 0 unspecified atom stereocenters. The number of amides is 1. The summed E-state index contributed by atoms with van der Waals surface area (Å²) in [5.74, 6) is -0.479. The SMILES string of the molecule is Cn1c(C(N)=O)c(-c2ccc(C#N)cc2)c2cc[c]cc21. The van der Waals surface area contributed by atoms with Crippen molar-refractivity contribution in [3.05, 3.63) is 59.8 Å². The van der Waals surface area contributed by atoms with E-state index in [-0.39, 0.29) is 0 Å². The molecule has 3 rings (SSSR count). The topological polar surface area (TPSA) is 71.8 Å². The standard InChI is InChI=1S/C17H12N3O/c1-20-14-5-3-2-4-13(14)15(16(20)17(19)21)12-8-6-11(10-18)7-9-12/h2,4-9H,1H3,(H2,19,21). The van der Waals surface area contributed by atoms with E-state index >= 15 is 0 Å². The molecule has 2 N–H and O–H groups in total. The number of aromatic nitrogens is 1. The molecule has 0 atom stereocenters. The van der Waals surface area contributed by atoms with Crippen molar-refractivity contribution in [3.8, 4) is 17.2 Å². The molecule has 0 aliphatic carbocycles. The molecule has 0 spiro atoms. The van der Waals surface area contributed by atoms with E-state index in [0.717, 1.165) is 22.0 Å². The summed E-state index contributed by atoms with van der Waals surface area (Å²) >= 11 is 0. The predicted octanol–water partition coefficient (Wildman–Crippen LogP) is 2.62. The van der Waals surface area contributed by atoms with Crippen LogP contribution in [0.25, 0.3) is 22.0 Å². The molecule has 3 aromatic rings. The highest BCUT2D eigenvalue weighted by atomic mass is 16.1.